The number of hydrogen-bond acceptors (Lipinski definition) is 6. The Balaban J connectivity index is 0.00000109. The highest BCUT2D eigenvalue weighted by Crippen LogP contribution is 2.24. The minimum atomic E-state index is 0.0861. The normalized spacial score (nSPS) is 11.4. The Labute approximate surface area is 156 Å². The van der Waals surface area contributed by atoms with E-state index in [1.54, 1.807) is 18.3 Å². The third kappa shape index (κ3) is 4.46. The highest BCUT2D eigenvalue weighted by Gasteiger charge is 2.03. The number of benzene rings is 2. The molecule has 0 atom stereocenters. The van der Waals surface area contributed by atoms with Crippen LogP contribution in [0.4, 0.5) is 5.82 Å². The molecule has 0 radical (unpaired) electrons. The van der Waals surface area contributed by atoms with Crippen LogP contribution in [-0.2, 0) is 0 Å². The van der Waals surface area contributed by atoms with Crippen molar-refractivity contribution in [3.63, 3.8) is 0 Å². The van der Waals surface area contributed by atoms with Gasteiger partial charge in [0, 0.05) is 22.7 Å². The van der Waals surface area contributed by atoms with Gasteiger partial charge in [-0.15, -0.1) is 23.3 Å². The minimum absolute atomic E-state index is 0.0861. The van der Waals surface area contributed by atoms with Gasteiger partial charge in [0.1, 0.15) is 5.82 Å². The summed E-state index contributed by atoms with van der Waals surface area (Å²) in [6.45, 7) is 0. The number of oxime groups is 1. The summed E-state index contributed by atoms with van der Waals surface area (Å²) in [5.74, 6) is 0.580. The maximum atomic E-state index is 8.67. The van der Waals surface area contributed by atoms with E-state index in [-0.39, 0.29) is 5.84 Å². The van der Waals surface area contributed by atoms with Gasteiger partial charge in [0.2, 0.25) is 0 Å². The van der Waals surface area contributed by atoms with Crippen molar-refractivity contribution >= 4 is 57.9 Å². The van der Waals surface area contributed by atoms with Crippen LogP contribution in [-0.4, -0.2) is 16.0 Å². The molecule has 1 aromatic heterocycles. The summed E-state index contributed by atoms with van der Waals surface area (Å²) < 4.78 is 0. The molecular formula is C18H18N4OS2. The highest BCUT2D eigenvalue weighted by molar-refractivity contribution is 8.59. The number of anilines is 1. The summed E-state index contributed by atoms with van der Waals surface area (Å²) in [6.07, 6.45) is 5.67. The van der Waals surface area contributed by atoms with E-state index >= 15 is 0 Å². The summed E-state index contributed by atoms with van der Waals surface area (Å²) >= 11 is 6.44. The number of nitrogens with zero attached hydrogens (tertiary/aromatic N) is 2. The van der Waals surface area contributed by atoms with E-state index in [0.717, 1.165) is 21.9 Å². The second-order valence-corrected chi connectivity index (χ2v) is 5.08. The van der Waals surface area contributed by atoms with Crippen LogP contribution >= 0.6 is 23.3 Å². The van der Waals surface area contributed by atoms with Crippen molar-refractivity contribution in [3.8, 4) is 0 Å². The van der Waals surface area contributed by atoms with Crippen LogP contribution < -0.4 is 11.5 Å². The van der Waals surface area contributed by atoms with E-state index in [9.17, 15) is 0 Å². The van der Waals surface area contributed by atoms with E-state index in [1.807, 2.05) is 48.6 Å². The lowest BCUT2D eigenvalue weighted by Crippen LogP contribution is -2.12. The fraction of sp³-hybridized carbons (Fsp3) is 0. The molecule has 0 aliphatic heterocycles. The number of rotatable bonds is 3. The van der Waals surface area contributed by atoms with Crippen molar-refractivity contribution < 1.29 is 5.21 Å². The molecule has 5 nitrogen and oxygen atoms in total. The van der Waals surface area contributed by atoms with Gasteiger partial charge >= 0.3 is 0 Å². The van der Waals surface area contributed by atoms with E-state index < -0.39 is 0 Å². The molecule has 3 rings (SSSR count). The third-order valence-electron chi connectivity index (χ3n) is 3.63. The molecule has 0 spiro atoms. The van der Waals surface area contributed by atoms with Crippen molar-refractivity contribution in [2.75, 3.05) is 5.73 Å². The molecule has 128 valence electrons. The quantitative estimate of drug-likeness (QED) is 0.121. The van der Waals surface area contributed by atoms with E-state index in [2.05, 4.69) is 33.5 Å². The van der Waals surface area contributed by atoms with E-state index in [0.29, 0.717) is 11.4 Å². The second kappa shape index (κ2) is 9.00. The van der Waals surface area contributed by atoms with Gasteiger partial charge < -0.3 is 16.7 Å². The van der Waals surface area contributed by atoms with Crippen LogP contribution in [0.5, 0.6) is 0 Å². The molecule has 25 heavy (non-hydrogen) atoms. The van der Waals surface area contributed by atoms with Crippen molar-refractivity contribution in [2.24, 2.45) is 10.9 Å². The molecule has 3 aromatic rings. The monoisotopic (exact) mass is 370 g/mol. The first-order valence-corrected chi connectivity index (χ1v) is 8.88. The van der Waals surface area contributed by atoms with Gasteiger partial charge in [-0.2, -0.15) is 0 Å². The maximum Gasteiger partial charge on any atom is 0.170 e. The van der Waals surface area contributed by atoms with Crippen molar-refractivity contribution in [1.29, 1.82) is 0 Å². The van der Waals surface area contributed by atoms with Crippen LogP contribution in [0, 0.1) is 0 Å². The smallest absolute Gasteiger partial charge is 0.170 e. The molecule has 0 bridgehead atoms. The van der Waals surface area contributed by atoms with Gasteiger partial charge in [0.05, 0.1) is 0 Å². The molecule has 0 fully saturated rings. The van der Waals surface area contributed by atoms with Crippen molar-refractivity contribution in [1.82, 2.24) is 4.98 Å². The Morgan fingerprint density at radius 1 is 1.04 bits per heavy atom. The lowest BCUT2D eigenvalue weighted by Gasteiger charge is -2.05. The molecule has 2 aromatic carbocycles. The fourth-order valence-electron chi connectivity index (χ4n) is 2.38. The first kappa shape index (κ1) is 18.7. The topological polar surface area (TPSA) is 97.5 Å². The molecule has 0 saturated heterocycles. The first-order valence-electron chi connectivity index (χ1n) is 7.28. The number of hydrogen-bond donors (Lipinski definition) is 5. The zero-order valence-electron chi connectivity index (χ0n) is 13.2. The van der Waals surface area contributed by atoms with Crippen LogP contribution in [0.2, 0.25) is 0 Å². The zero-order chi connectivity index (χ0) is 18.2. The predicted molar refractivity (Wildman–Crippen MR) is 112 cm³/mol. The van der Waals surface area contributed by atoms with Gasteiger partial charge in [0.15, 0.2) is 5.84 Å². The standard InChI is InChI=1S/C18H16N4O.H2S2/c19-17(22-23)13-8-5-12(6-9-13)7-10-16-15-4-2-1-3-14(15)11-21-18(16)20;1-2/h1-11,23H,(H2,19,22)(H2,20,21);1-2H/b10-7+;. The molecular weight excluding hydrogens is 352 g/mol. The maximum absolute atomic E-state index is 8.67. The predicted octanol–water partition coefficient (Wildman–Crippen LogP) is 3.84. The molecule has 0 aliphatic carbocycles. The number of aromatic nitrogens is 1. The third-order valence-corrected chi connectivity index (χ3v) is 3.63. The Morgan fingerprint density at radius 3 is 2.40 bits per heavy atom. The number of amidine groups is 1. The average Bonchev–Trinajstić information content (AvgIpc) is 2.68. The van der Waals surface area contributed by atoms with Gasteiger partial charge in [0.25, 0.3) is 0 Å². The Hall–Kier alpha value is -2.64. The van der Waals surface area contributed by atoms with E-state index in [1.165, 1.54) is 0 Å². The number of pyridine rings is 1. The van der Waals surface area contributed by atoms with Gasteiger partial charge in [-0.1, -0.05) is 65.8 Å². The number of thiol groups is 2. The highest BCUT2D eigenvalue weighted by atomic mass is 33.1. The Bertz CT molecular complexity index is 909. The minimum Gasteiger partial charge on any atom is -0.409 e. The Morgan fingerprint density at radius 2 is 1.72 bits per heavy atom. The molecule has 1 heterocycles. The Kier molecular flexibility index (Phi) is 6.73. The summed E-state index contributed by atoms with van der Waals surface area (Å²) in [5.41, 5.74) is 14.1. The summed E-state index contributed by atoms with van der Waals surface area (Å²) in [5, 5.41) is 13.8. The fourth-order valence-corrected chi connectivity index (χ4v) is 2.38. The van der Waals surface area contributed by atoms with Crippen molar-refractivity contribution in [3.05, 3.63) is 71.4 Å². The number of fused-ring (bicyclic) bond motifs is 1. The molecule has 0 aliphatic rings. The zero-order valence-corrected chi connectivity index (χ0v) is 15.0. The lowest BCUT2D eigenvalue weighted by molar-refractivity contribution is 0.318. The number of nitrogens with two attached hydrogens (primary N) is 2. The van der Waals surface area contributed by atoms with Crippen LogP contribution in [0.25, 0.3) is 22.9 Å². The number of nitrogen functional groups attached to an aromatic ring is 1. The van der Waals surface area contributed by atoms with Crippen LogP contribution in [0.15, 0.2) is 59.9 Å². The summed E-state index contributed by atoms with van der Waals surface area (Å²) in [6, 6.07) is 15.3. The van der Waals surface area contributed by atoms with Crippen molar-refractivity contribution in [2.45, 2.75) is 0 Å². The van der Waals surface area contributed by atoms with Crippen LogP contribution in [0.1, 0.15) is 16.7 Å². The summed E-state index contributed by atoms with van der Waals surface area (Å²) in [4.78, 5) is 4.23. The molecule has 0 amide bonds. The molecule has 5 N–H and O–H groups in total. The van der Waals surface area contributed by atoms with Gasteiger partial charge in [-0.3, -0.25) is 0 Å². The summed E-state index contributed by atoms with van der Waals surface area (Å²) in [7, 11) is 0. The van der Waals surface area contributed by atoms with Gasteiger partial charge in [-0.05, 0) is 10.9 Å². The largest absolute Gasteiger partial charge is 0.409 e. The second-order valence-electron chi connectivity index (χ2n) is 5.08. The van der Waals surface area contributed by atoms with Gasteiger partial charge in [-0.25, -0.2) is 4.98 Å². The lowest BCUT2D eigenvalue weighted by atomic mass is 10.0. The van der Waals surface area contributed by atoms with Crippen LogP contribution in [0.3, 0.4) is 0 Å². The van der Waals surface area contributed by atoms with E-state index in [4.69, 9.17) is 16.7 Å². The molecule has 0 unspecified atom stereocenters. The SMILES string of the molecule is N/C(=N\O)c1ccc(/C=C/c2c(N)ncc3ccccc23)cc1.SS. The molecule has 0 saturated carbocycles. The average molecular weight is 371 g/mol. The molecule has 7 heteroatoms. The first-order chi connectivity index (χ1) is 12.2.